The molecule has 0 aliphatic carbocycles. The summed E-state index contributed by atoms with van der Waals surface area (Å²) in [6, 6.07) is 8.71. The second-order valence-corrected chi connectivity index (χ2v) is 5.00. The summed E-state index contributed by atoms with van der Waals surface area (Å²) in [6.45, 7) is -2.78. The van der Waals surface area contributed by atoms with E-state index in [1.807, 2.05) is 0 Å². The number of hydrogen-bond donors (Lipinski definition) is 1. The van der Waals surface area contributed by atoms with E-state index < -0.39 is 6.61 Å². The molecule has 0 atom stereocenters. The lowest BCUT2D eigenvalue weighted by Gasteiger charge is -2.08. The van der Waals surface area contributed by atoms with Crippen molar-refractivity contribution in [1.29, 1.82) is 0 Å². The fourth-order valence-corrected chi connectivity index (χ4v) is 2.09. The number of hydrogen-bond acceptors (Lipinski definition) is 6. The van der Waals surface area contributed by atoms with Crippen LogP contribution in [-0.2, 0) is 6.54 Å². The Bertz CT molecular complexity index is 912. The van der Waals surface area contributed by atoms with E-state index >= 15 is 0 Å². The maximum Gasteiger partial charge on any atom is 0.388 e. The summed E-state index contributed by atoms with van der Waals surface area (Å²) in [4.78, 5) is 19.5. The lowest BCUT2D eigenvalue weighted by molar-refractivity contribution is -0.0528. The van der Waals surface area contributed by atoms with Crippen LogP contribution in [0.15, 0.2) is 53.6 Å². The van der Waals surface area contributed by atoms with Crippen molar-refractivity contribution in [2.24, 2.45) is 0 Å². The summed E-state index contributed by atoms with van der Waals surface area (Å²) in [5.41, 5.74) is 1.35. The molecule has 0 amide bonds. The molecule has 25 heavy (non-hydrogen) atoms. The highest BCUT2D eigenvalue weighted by Gasteiger charge is 2.08. The van der Waals surface area contributed by atoms with Gasteiger partial charge in [0.15, 0.2) is 0 Å². The molecule has 0 unspecified atom stereocenters. The summed E-state index contributed by atoms with van der Waals surface area (Å²) in [6.07, 6.45) is 2.77. The van der Waals surface area contributed by atoms with E-state index in [1.54, 1.807) is 6.07 Å². The number of nitrogens with zero attached hydrogens (tertiary/aromatic N) is 4. The quantitative estimate of drug-likeness (QED) is 0.760. The highest BCUT2D eigenvalue weighted by atomic mass is 19.3. The normalized spacial score (nSPS) is 10.8. The predicted octanol–water partition coefficient (Wildman–Crippen LogP) is 2.06. The first-order valence-electron chi connectivity index (χ1n) is 7.14. The molecule has 0 saturated heterocycles. The van der Waals surface area contributed by atoms with E-state index in [0.29, 0.717) is 16.8 Å². The van der Waals surface area contributed by atoms with Gasteiger partial charge in [-0.25, -0.2) is 14.6 Å². The second-order valence-electron chi connectivity index (χ2n) is 5.00. The van der Waals surface area contributed by atoms with Gasteiger partial charge in [-0.05, 0) is 17.7 Å². The molecule has 9 heteroatoms. The molecule has 3 aromatic heterocycles. The van der Waals surface area contributed by atoms with E-state index in [1.165, 1.54) is 47.4 Å². The summed E-state index contributed by atoms with van der Waals surface area (Å²) >= 11 is 0. The fraction of sp³-hybridized carbons (Fsp3) is 0.125. The Morgan fingerprint density at radius 2 is 1.92 bits per heavy atom. The third-order valence-corrected chi connectivity index (χ3v) is 3.25. The van der Waals surface area contributed by atoms with Gasteiger partial charge in [0.25, 0.3) is 5.56 Å². The third-order valence-electron chi connectivity index (χ3n) is 3.25. The first-order chi connectivity index (χ1) is 12.0. The van der Waals surface area contributed by atoms with Crippen LogP contribution in [0.1, 0.15) is 5.56 Å². The fourth-order valence-electron chi connectivity index (χ4n) is 2.09. The number of halogens is 2. The van der Waals surface area contributed by atoms with Crippen molar-refractivity contribution in [3.8, 4) is 23.0 Å². The minimum absolute atomic E-state index is 0.116. The highest BCUT2D eigenvalue weighted by Crippen LogP contribution is 2.18. The van der Waals surface area contributed by atoms with Crippen LogP contribution in [0.4, 0.5) is 8.78 Å². The number of rotatable bonds is 5. The first-order valence-corrected chi connectivity index (χ1v) is 7.14. The van der Waals surface area contributed by atoms with Gasteiger partial charge in [-0.1, -0.05) is 6.07 Å². The molecule has 128 valence electrons. The van der Waals surface area contributed by atoms with Gasteiger partial charge in [-0.15, -0.1) is 0 Å². The van der Waals surface area contributed by atoms with Gasteiger partial charge in [-0.3, -0.25) is 4.79 Å². The van der Waals surface area contributed by atoms with Crippen LogP contribution in [-0.4, -0.2) is 31.5 Å². The Hall–Kier alpha value is -3.36. The van der Waals surface area contributed by atoms with E-state index in [4.69, 9.17) is 0 Å². The van der Waals surface area contributed by atoms with Gasteiger partial charge in [0.2, 0.25) is 11.8 Å². The lowest BCUT2D eigenvalue weighted by atomic mass is 10.2. The zero-order valence-electron chi connectivity index (χ0n) is 12.7. The molecule has 0 fully saturated rings. The average Bonchev–Trinajstić information content (AvgIpc) is 2.59. The van der Waals surface area contributed by atoms with Gasteiger partial charge >= 0.3 is 6.61 Å². The van der Waals surface area contributed by atoms with Crippen LogP contribution < -0.4 is 10.3 Å². The predicted molar refractivity (Wildman–Crippen MR) is 83.4 cm³/mol. The van der Waals surface area contributed by atoms with E-state index in [9.17, 15) is 18.7 Å². The SMILES string of the molecule is O=c1ccc(-c2ccc(OC(F)F)nc2)nn1Cc1ccc(O)nc1. The van der Waals surface area contributed by atoms with Crippen LogP contribution >= 0.6 is 0 Å². The van der Waals surface area contributed by atoms with Crippen LogP contribution in [0.25, 0.3) is 11.3 Å². The smallest absolute Gasteiger partial charge is 0.388 e. The van der Waals surface area contributed by atoms with E-state index in [0.717, 1.165) is 0 Å². The molecule has 0 aliphatic rings. The summed E-state index contributed by atoms with van der Waals surface area (Å²) in [7, 11) is 0. The summed E-state index contributed by atoms with van der Waals surface area (Å²) in [5.74, 6) is -0.322. The minimum Gasteiger partial charge on any atom is -0.493 e. The number of aromatic hydroxyl groups is 1. The van der Waals surface area contributed by atoms with Gasteiger partial charge < -0.3 is 9.84 Å². The van der Waals surface area contributed by atoms with Gasteiger partial charge in [0, 0.05) is 36.2 Å². The number of pyridine rings is 2. The molecule has 1 N–H and O–H groups in total. The number of ether oxygens (including phenoxy) is 1. The minimum atomic E-state index is -2.95. The Morgan fingerprint density at radius 1 is 1.08 bits per heavy atom. The third kappa shape index (κ3) is 4.14. The number of alkyl halides is 2. The lowest BCUT2D eigenvalue weighted by Crippen LogP contribution is -2.22. The van der Waals surface area contributed by atoms with Gasteiger partial charge in [-0.2, -0.15) is 13.9 Å². The van der Waals surface area contributed by atoms with Crippen LogP contribution in [0, 0.1) is 0 Å². The van der Waals surface area contributed by atoms with Crippen LogP contribution in [0.5, 0.6) is 11.8 Å². The molecule has 3 aromatic rings. The molecule has 0 aromatic carbocycles. The topological polar surface area (TPSA) is 90.1 Å². The molecule has 3 heterocycles. The Labute approximate surface area is 140 Å². The molecular weight excluding hydrogens is 334 g/mol. The molecular formula is C16H12F2N4O3. The van der Waals surface area contributed by atoms with E-state index in [-0.39, 0.29) is 23.9 Å². The first kappa shape index (κ1) is 16.5. The summed E-state index contributed by atoms with van der Waals surface area (Å²) < 4.78 is 29.7. The zero-order chi connectivity index (χ0) is 17.8. The van der Waals surface area contributed by atoms with Crippen molar-refractivity contribution in [2.75, 3.05) is 0 Å². The van der Waals surface area contributed by atoms with Crippen LogP contribution in [0.3, 0.4) is 0 Å². The van der Waals surface area contributed by atoms with E-state index in [2.05, 4.69) is 19.8 Å². The van der Waals surface area contributed by atoms with Crippen molar-refractivity contribution in [2.45, 2.75) is 13.2 Å². The molecule has 0 saturated carbocycles. The second kappa shape index (κ2) is 7.04. The Kier molecular flexibility index (Phi) is 4.64. The zero-order valence-corrected chi connectivity index (χ0v) is 12.7. The Morgan fingerprint density at radius 3 is 2.56 bits per heavy atom. The molecule has 7 nitrogen and oxygen atoms in total. The average molecular weight is 346 g/mol. The van der Waals surface area contributed by atoms with Gasteiger partial charge in [0.1, 0.15) is 0 Å². The van der Waals surface area contributed by atoms with Crippen molar-refractivity contribution >= 4 is 0 Å². The standard InChI is InChI=1S/C16H12F2N4O3/c17-16(18)25-14-5-2-11(8-20-14)12-3-6-15(24)22(21-12)9-10-1-4-13(23)19-7-10/h1-8,16H,9H2,(H,19,23). The summed E-state index contributed by atoms with van der Waals surface area (Å²) in [5, 5.41) is 13.4. The van der Waals surface area contributed by atoms with Crippen molar-refractivity contribution in [3.05, 3.63) is 64.7 Å². The Balaban J connectivity index is 1.85. The molecule has 0 radical (unpaired) electrons. The maximum absolute atomic E-state index is 12.1. The molecule has 0 spiro atoms. The van der Waals surface area contributed by atoms with Gasteiger partial charge in [0.05, 0.1) is 12.2 Å². The molecule has 0 aliphatic heterocycles. The highest BCUT2D eigenvalue weighted by molar-refractivity contribution is 5.57. The largest absolute Gasteiger partial charge is 0.493 e. The van der Waals surface area contributed by atoms with Crippen molar-refractivity contribution in [3.63, 3.8) is 0 Å². The van der Waals surface area contributed by atoms with Crippen molar-refractivity contribution < 1.29 is 18.6 Å². The monoisotopic (exact) mass is 346 g/mol. The van der Waals surface area contributed by atoms with Crippen molar-refractivity contribution in [1.82, 2.24) is 19.7 Å². The van der Waals surface area contributed by atoms with Crippen LogP contribution in [0.2, 0.25) is 0 Å². The molecule has 3 rings (SSSR count). The molecule has 0 bridgehead atoms. The number of aromatic nitrogens is 4. The maximum atomic E-state index is 12.1.